The molecule has 6 heteroatoms. The molecule has 0 amide bonds. The molecule has 158 valence electrons. The van der Waals surface area contributed by atoms with Crippen molar-refractivity contribution in [2.24, 2.45) is 0 Å². The summed E-state index contributed by atoms with van der Waals surface area (Å²) in [5, 5.41) is 30.4. The number of phenols is 1. The van der Waals surface area contributed by atoms with Crippen LogP contribution in [0.25, 0.3) is 0 Å². The van der Waals surface area contributed by atoms with E-state index in [1.54, 1.807) is 6.92 Å². The fourth-order valence-corrected chi connectivity index (χ4v) is 3.54. The second-order valence-electron chi connectivity index (χ2n) is 7.96. The number of fused-ring (bicyclic) bond motifs is 1. The molecule has 1 aliphatic rings. The quantitative estimate of drug-likeness (QED) is 0.431. The average Bonchev–Trinajstić information content (AvgIpc) is 2.68. The summed E-state index contributed by atoms with van der Waals surface area (Å²) in [5.41, 5.74) is 1.63. The first-order chi connectivity index (χ1) is 13.8. The van der Waals surface area contributed by atoms with E-state index in [4.69, 9.17) is 4.74 Å². The molecule has 3 N–H and O–H groups in total. The van der Waals surface area contributed by atoms with Crippen molar-refractivity contribution >= 4 is 12.6 Å². The van der Waals surface area contributed by atoms with E-state index < -0.39 is 11.7 Å². The van der Waals surface area contributed by atoms with Gasteiger partial charge in [-0.2, -0.15) is 0 Å². The minimum Gasteiger partial charge on any atom is -0.508 e. The molecule has 0 bridgehead atoms. The Morgan fingerprint density at radius 3 is 2.55 bits per heavy atom. The van der Waals surface area contributed by atoms with Crippen LogP contribution in [-0.2, 0) is 6.42 Å². The highest BCUT2D eigenvalue weighted by Gasteiger charge is 2.41. The number of benzene rings is 1. The number of allylic oxidation sites excluding steroid dienone is 3. The van der Waals surface area contributed by atoms with Crippen molar-refractivity contribution in [2.45, 2.75) is 64.6 Å². The van der Waals surface area contributed by atoms with Gasteiger partial charge in [0, 0.05) is 17.5 Å². The molecule has 0 spiro atoms. The van der Waals surface area contributed by atoms with Crippen molar-refractivity contribution in [2.75, 3.05) is 6.61 Å². The molecule has 0 saturated carbocycles. The van der Waals surface area contributed by atoms with E-state index in [-0.39, 0.29) is 35.7 Å². The van der Waals surface area contributed by atoms with Crippen LogP contribution in [0.1, 0.15) is 72.7 Å². The van der Waals surface area contributed by atoms with E-state index in [9.17, 15) is 24.9 Å². The predicted molar refractivity (Wildman–Crippen MR) is 111 cm³/mol. The van der Waals surface area contributed by atoms with Crippen LogP contribution < -0.4 is 4.74 Å². The highest BCUT2D eigenvalue weighted by Crippen LogP contribution is 2.43. The zero-order valence-corrected chi connectivity index (χ0v) is 17.3. The Bertz CT molecular complexity index is 819. The van der Waals surface area contributed by atoms with E-state index in [2.05, 4.69) is 6.08 Å². The van der Waals surface area contributed by atoms with Crippen molar-refractivity contribution in [3.8, 4) is 11.5 Å². The number of hydrogen-bond donors (Lipinski definition) is 3. The molecule has 0 fully saturated rings. The number of phenolic OH excluding ortho intramolecular Hbond substituents is 1. The number of aldehydes is 2. The minimum absolute atomic E-state index is 0.0224. The van der Waals surface area contributed by atoms with Crippen LogP contribution in [0.4, 0.5) is 0 Å². The summed E-state index contributed by atoms with van der Waals surface area (Å²) in [6.45, 7) is 5.79. The summed E-state index contributed by atoms with van der Waals surface area (Å²) < 4.78 is 6.00. The van der Waals surface area contributed by atoms with Gasteiger partial charge in [0.25, 0.3) is 0 Å². The SMILES string of the molecule is CC(C)=CCC/C(=C/CCC1(C)Oc2c(C=O)c(C=O)cc(O)c2CC1O)CO. The minimum atomic E-state index is -0.990. The molecule has 29 heavy (non-hydrogen) atoms. The third-order valence-electron chi connectivity index (χ3n) is 5.41. The van der Waals surface area contributed by atoms with Gasteiger partial charge in [0.15, 0.2) is 12.6 Å². The first-order valence-corrected chi connectivity index (χ1v) is 9.84. The standard InChI is InChI=1S/C23H30O6/c1-15(2)6-4-7-16(12-24)8-5-9-23(3)21(28)11-18-20(27)10-17(13-25)19(14-26)22(18)29-23/h6,8,10,13-14,21,24,27-28H,4-5,7,9,11-12H2,1-3H3/b16-8-. The van der Waals surface area contributed by atoms with Crippen LogP contribution in [0.2, 0.25) is 0 Å². The smallest absolute Gasteiger partial charge is 0.154 e. The van der Waals surface area contributed by atoms with Crippen molar-refractivity contribution in [1.29, 1.82) is 0 Å². The van der Waals surface area contributed by atoms with Crippen molar-refractivity contribution in [3.63, 3.8) is 0 Å². The second kappa shape index (κ2) is 9.85. The number of ether oxygens (including phenoxy) is 1. The van der Waals surface area contributed by atoms with Gasteiger partial charge in [0.2, 0.25) is 0 Å². The highest BCUT2D eigenvalue weighted by molar-refractivity contribution is 5.94. The summed E-state index contributed by atoms with van der Waals surface area (Å²) in [4.78, 5) is 22.8. The van der Waals surface area contributed by atoms with E-state index >= 15 is 0 Å². The van der Waals surface area contributed by atoms with Gasteiger partial charge in [-0.1, -0.05) is 17.7 Å². The first-order valence-electron chi connectivity index (χ1n) is 9.84. The maximum absolute atomic E-state index is 11.5. The Hall–Kier alpha value is -2.44. The molecular weight excluding hydrogens is 372 g/mol. The van der Waals surface area contributed by atoms with E-state index in [0.717, 1.165) is 18.4 Å². The van der Waals surface area contributed by atoms with Gasteiger partial charge in [-0.05, 0) is 58.1 Å². The van der Waals surface area contributed by atoms with Gasteiger partial charge < -0.3 is 20.1 Å². The third kappa shape index (κ3) is 5.34. The van der Waals surface area contributed by atoms with Crippen LogP contribution in [0.5, 0.6) is 11.5 Å². The molecule has 6 nitrogen and oxygen atoms in total. The highest BCUT2D eigenvalue weighted by atomic mass is 16.5. The fourth-order valence-electron chi connectivity index (χ4n) is 3.54. The van der Waals surface area contributed by atoms with Gasteiger partial charge in [0.1, 0.15) is 17.1 Å². The summed E-state index contributed by atoms with van der Waals surface area (Å²) in [6.07, 6.45) is 6.97. The Balaban J connectivity index is 2.20. The number of carbonyl (C=O) groups excluding carboxylic acids is 2. The third-order valence-corrected chi connectivity index (χ3v) is 5.41. The Kier molecular flexibility index (Phi) is 7.76. The monoisotopic (exact) mass is 402 g/mol. The topological polar surface area (TPSA) is 104 Å². The van der Waals surface area contributed by atoms with Crippen molar-refractivity contribution in [1.82, 2.24) is 0 Å². The Labute approximate surface area is 171 Å². The maximum Gasteiger partial charge on any atom is 0.154 e. The van der Waals surface area contributed by atoms with Gasteiger partial charge in [-0.3, -0.25) is 9.59 Å². The summed E-state index contributed by atoms with van der Waals surface area (Å²) in [7, 11) is 0. The largest absolute Gasteiger partial charge is 0.508 e. The molecule has 1 aromatic carbocycles. The zero-order valence-electron chi connectivity index (χ0n) is 17.3. The number of aromatic hydroxyl groups is 1. The van der Waals surface area contributed by atoms with Crippen LogP contribution in [-0.4, -0.2) is 46.2 Å². The van der Waals surface area contributed by atoms with E-state index in [1.807, 2.05) is 19.9 Å². The van der Waals surface area contributed by atoms with Gasteiger partial charge in [-0.15, -0.1) is 0 Å². The summed E-state index contributed by atoms with van der Waals surface area (Å²) in [6, 6.07) is 1.22. The molecule has 1 aliphatic heterocycles. The molecule has 1 heterocycles. The molecule has 1 aromatic rings. The molecule has 2 rings (SSSR count). The Morgan fingerprint density at radius 2 is 1.97 bits per heavy atom. The molecule has 2 atom stereocenters. The van der Waals surface area contributed by atoms with E-state index in [1.165, 1.54) is 11.6 Å². The van der Waals surface area contributed by atoms with Gasteiger partial charge in [0.05, 0.1) is 18.3 Å². The maximum atomic E-state index is 11.5. The number of carbonyl (C=O) groups is 2. The van der Waals surface area contributed by atoms with Crippen LogP contribution in [0.15, 0.2) is 29.4 Å². The molecule has 0 aliphatic carbocycles. The normalized spacial score (nSPS) is 21.1. The lowest BCUT2D eigenvalue weighted by Crippen LogP contribution is -2.49. The first kappa shape index (κ1) is 22.8. The lowest BCUT2D eigenvalue weighted by Gasteiger charge is -2.40. The second-order valence-corrected chi connectivity index (χ2v) is 7.96. The molecule has 0 aromatic heterocycles. The number of rotatable bonds is 9. The predicted octanol–water partition coefficient (Wildman–Crippen LogP) is 3.52. The molecule has 0 saturated heterocycles. The number of aliphatic hydroxyl groups is 2. The van der Waals surface area contributed by atoms with Crippen molar-refractivity contribution < 1.29 is 29.6 Å². The van der Waals surface area contributed by atoms with Crippen LogP contribution in [0, 0.1) is 0 Å². The summed E-state index contributed by atoms with van der Waals surface area (Å²) in [5.74, 6) is -0.0136. The molecular formula is C23H30O6. The molecule has 2 unspecified atom stereocenters. The van der Waals surface area contributed by atoms with Crippen LogP contribution in [0.3, 0.4) is 0 Å². The van der Waals surface area contributed by atoms with Crippen molar-refractivity contribution in [3.05, 3.63) is 46.1 Å². The zero-order chi connectivity index (χ0) is 21.6. The average molecular weight is 402 g/mol. The summed E-state index contributed by atoms with van der Waals surface area (Å²) >= 11 is 0. The number of aliphatic hydroxyl groups excluding tert-OH is 2. The lowest BCUT2D eigenvalue weighted by molar-refractivity contribution is -0.0595. The van der Waals surface area contributed by atoms with Crippen LogP contribution >= 0.6 is 0 Å². The van der Waals surface area contributed by atoms with E-state index in [0.29, 0.717) is 31.0 Å². The lowest BCUT2D eigenvalue weighted by atomic mass is 9.84. The molecule has 0 radical (unpaired) electrons. The van der Waals surface area contributed by atoms with Gasteiger partial charge >= 0.3 is 0 Å². The fraction of sp³-hybridized carbons (Fsp3) is 0.478. The van der Waals surface area contributed by atoms with Gasteiger partial charge in [-0.25, -0.2) is 0 Å². The number of hydrogen-bond acceptors (Lipinski definition) is 6. The Morgan fingerprint density at radius 1 is 1.24 bits per heavy atom.